The van der Waals surface area contributed by atoms with Crippen molar-refractivity contribution in [3.63, 3.8) is 0 Å². The molecule has 0 radical (unpaired) electrons. The molecule has 0 bridgehead atoms. The summed E-state index contributed by atoms with van der Waals surface area (Å²) in [6.45, 7) is 3.06. The summed E-state index contributed by atoms with van der Waals surface area (Å²) >= 11 is 0. The summed E-state index contributed by atoms with van der Waals surface area (Å²) in [4.78, 5) is 49.1. The molecule has 3 aliphatic rings. The van der Waals surface area contributed by atoms with Crippen molar-refractivity contribution >= 4 is 46.8 Å². The number of carbonyl (C=O) groups excluding carboxylic acids is 2. The molecule has 0 saturated carbocycles. The van der Waals surface area contributed by atoms with Gasteiger partial charge in [0.15, 0.2) is 0 Å². The number of amidine groups is 1. The summed E-state index contributed by atoms with van der Waals surface area (Å²) in [6.07, 6.45) is 6.61. The zero-order chi connectivity index (χ0) is 33.1. The Balaban J connectivity index is 1.05. The second kappa shape index (κ2) is 13.2. The standard InChI is InChI=1S/C34H37FN10O2/c1-39-21-41-32(38)24-4-2-22(3-5-24)23-10-14-44(15-11-23)29(46)19-43-16-12-34(20-43)13-17-45(33(34)47)28-9-7-26(36)31(42-28)30(37)27-8-6-25(35)18-40-27/h2-10,18,21,37H,11-17,19-20,36H2,1H3,(H2,38,39,41)/t34-/m0/s1. The number of amides is 2. The van der Waals surface area contributed by atoms with E-state index in [1.165, 1.54) is 24.0 Å². The highest BCUT2D eigenvalue weighted by Gasteiger charge is 2.51. The molecule has 2 fully saturated rings. The van der Waals surface area contributed by atoms with Crippen LogP contribution in [0, 0.1) is 16.6 Å². The van der Waals surface area contributed by atoms with Crippen LogP contribution < -0.4 is 16.4 Å². The summed E-state index contributed by atoms with van der Waals surface area (Å²) in [5.41, 5.74) is 15.3. The predicted octanol–water partition coefficient (Wildman–Crippen LogP) is 2.72. The molecule has 2 aromatic heterocycles. The summed E-state index contributed by atoms with van der Waals surface area (Å²) in [5, 5.41) is 8.54. The predicted molar refractivity (Wildman–Crippen MR) is 180 cm³/mol. The van der Waals surface area contributed by atoms with Gasteiger partial charge < -0.3 is 16.4 Å². The molecule has 242 valence electrons. The number of hydrogen-bond acceptors (Lipinski definition) is 8. The van der Waals surface area contributed by atoms with E-state index in [1.54, 1.807) is 24.1 Å². The topological polar surface area (TPSA) is 170 Å². The Bertz CT molecular complexity index is 1790. The highest BCUT2D eigenvalue weighted by molar-refractivity contribution is 6.12. The van der Waals surface area contributed by atoms with Gasteiger partial charge in [-0.25, -0.2) is 14.4 Å². The first-order valence-electron chi connectivity index (χ1n) is 15.5. The Morgan fingerprint density at radius 3 is 2.60 bits per heavy atom. The number of benzene rings is 1. The van der Waals surface area contributed by atoms with Crippen molar-refractivity contribution in [3.05, 3.63) is 89.1 Å². The number of nitrogen functional groups attached to an aromatic ring is 1. The van der Waals surface area contributed by atoms with Gasteiger partial charge in [0.1, 0.15) is 35.2 Å². The van der Waals surface area contributed by atoms with Crippen LogP contribution in [0.5, 0.6) is 0 Å². The number of anilines is 2. The van der Waals surface area contributed by atoms with Crippen LogP contribution in [0.15, 0.2) is 70.8 Å². The van der Waals surface area contributed by atoms with Crippen molar-refractivity contribution in [3.8, 4) is 0 Å². The Morgan fingerprint density at radius 2 is 1.89 bits per heavy atom. The van der Waals surface area contributed by atoms with Gasteiger partial charge in [-0.05, 0) is 61.2 Å². The van der Waals surface area contributed by atoms with Crippen LogP contribution in [0.2, 0.25) is 0 Å². The number of nitrogens with one attached hydrogen (secondary N) is 1. The monoisotopic (exact) mass is 636 g/mol. The van der Waals surface area contributed by atoms with E-state index < -0.39 is 11.2 Å². The lowest BCUT2D eigenvalue weighted by Gasteiger charge is -2.29. The lowest BCUT2D eigenvalue weighted by atomic mass is 9.85. The quantitative estimate of drug-likeness (QED) is 0.252. The van der Waals surface area contributed by atoms with Crippen LogP contribution in [-0.2, 0) is 9.59 Å². The first-order valence-corrected chi connectivity index (χ1v) is 15.5. The van der Waals surface area contributed by atoms with Crippen molar-refractivity contribution in [2.24, 2.45) is 21.1 Å². The van der Waals surface area contributed by atoms with E-state index in [0.29, 0.717) is 57.2 Å². The Kier molecular flexibility index (Phi) is 8.90. The second-order valence-corrected chi connectivity index (χ2v) is 12.1. The van der Waals surface area contributed by atoms with Crippen molar-refractivity contribution in [1.29, 1.82) is 5.41 Å². The van der Waals surface area contributed by atoms with Gasteiger partial charge in [0, 0.05) is 38.8 Å². The summed E-state index contributed by atoms with van der Waals surface area (Å²) < 4.78 is 13.4. The maximum absolute atomic E-state index is 13.8. The van der Waals surface area contributed by atoms with Gasteiger partial charge in [0.2, 0.25) is 11.8 Å². The third-order valence-electron chi connectivity index (χ3n) is 9.14. The molecule has 1 spiro atoms. The van der Waals surface area contributed by atoms with Gasteiger partial charge in [-0.15, -0.1) is 0 Å². The highest BCUT2D eigenvalue weighted by Crippen LogP contribution is 2.42. The maximum atomic E-state index is 13.8. The zero-order valence-corrected chi connectivity index (χ0v) is 26.2. The van der Waals surface area contributed by atoms with E-state index in [9.17, 15) is 14.0 Å². The van der Waals surface area contributed by atoms with Crippen molar-refractivity contribution in [2.75, 3.05) is 56.9 Å². The molecule has 3 aromatic rings. The Labute approximate surface area is 272 Å². The number of pyridine rings is 2. The molecule has 47 heavy (non-hydrogen) atoms. The van der Waals surface area contributed by atoms with Crippen LogP contribution in [0.25, 0.3) is 5.57 Å². The fourth-order valence-corrected chi connectivity index (χ4v) is 6.46. The molecular formula is C34H37FN10O2. The van der Waals surface area contributed by atoms with Crippen LogP contribution in [0.3, 0.4) is 0 Å². The van der Waals surface area contributed by atoms with Crippen LogP contribution in [0.1, 0.15) is 41.8 Å². The van der Waals surface area contributed by atoms with Crippen molar-refractivity contribution in [2.45, 2.75) is 19.3 Å². The molecule has 2 amide bonds. The average Bonchev–Trinajstić information content (AvgIpc) is 3.65. The number of hydrogen-bond donors (Lipinski definition) is 3. The van der Waals surface area contributed by atoms with Crippen molar-refractivity contribution < 1.29 is 14.0 Å². The minimum absolute atomic E-state index is 0.0369. The van der Waals surface area contributed by atoms with E-state index in [-0.39, 0.29) is 41.1 Å². The highest BCUT2D eigenvalue weighted by atomic mass is 19.1. The molecule has 2 saturated heterocycles. The third-order valence-corrected chi connectivity index (χ3v) is 9.14. The van der Waals surface area contributed by atoms with E-state index in [4.69, 9.17) is 16.9 Å². The lowest BCUT2D eigenvalue weighted by Crippen LogP contribution is -2.43. The minimum atomic E-state index is -0.589. The number of likely N-dealkylation sites (tertiary alicyclic amines) is 1. The molecule has 12 nitrogen and oxygen atoms in total. The molecule has 13 heteroatoms. The molecule has 5 N–H and O–H groups in total. The van der Waals surface area contributed by atoms with Crippen molar-refractivity contribution in [1.82, 2.24) is 19.8 Å². The summed E-state index contributed by atoms with van der Waals surface area (Å²) in [7, 11) is 1.64. The number of aromatic nitrogens is 2. The average molecular weight is 637 g/mol. The van der Waals surface area contributed by atoms with E-state index in [2.05, 4.69) is 30.9 Å². The number of nitrogens with two attached hydrogens (primary N) is 2. The van der Waals surface area contributed by atoms with Gasteiger partial charge in [0.05, 0.1) is 29.5 Å². The number of carbonyl (C=O) groups is 2. The van der Waals surface area contributed by atoms with Gasteiger partial charge in [0.25, 0.3) is 0 Å². The molecule has 0 aliphatic carbocycles. The molecule has 3 aliphatic heterocycles. The van der Waals surface area contributed by atoms with Gasteiger partial charge in [-0.2, -0.15) is 0 Å². The molecule has 1 atom stereocenters. The van der Waals surface area contributed by atoms with Crippen LogP contribution in [-0.4, -0.2) is 95.8 Å². The van der Waals surface area contributed by atoms with E-state index in [0.717, 1.165) is 23.7 Å². The summed E-state index contributed by atoms with van der Waals surface area (Å²) in [6, 6.07) is 13.8. The number of rotatable bonds is 8. The number of nitrogens with zero attached hydrogens (tertiary/aromatic N) is 7. The minimum Gasteiger partial charge on any atom is -0.397 e. The van der Waals surface area contributed by atoms with Gasteiger partial charge in [-0.3, -0.25) is 34.8 Å². The maximum Gasteiger partial charge on any atom is 0.237 e. The van der Waals surface area contributed by atoms with E-state index >= 15 is 0 Å². The molecule has 6 rings (SSSR count). The molecule has 1 aromatic carbocycles. The molecule has 0 unspecified atom stereocenters. The second-order valence-electron chi connectivity index (χ2n) is 12.1. The van der Waals surface area contributed by atoms with E-state index in [1.807, 2.05) is 29.2 Å². The SMILES string of the molecule is CN=CN=C(N)c1ccc(C2=CCN(C(=O)CN3CC[C@]4(CCN(c5ccc(N)c(C(=N)c6ccc(F)cn6)n5)C4=O)C3)CC2)cc1. The largest absolute Gasteiger partial charge is 0.397 e. The third kappa shape index (κ3) is 6.52. The Morgan fingerprint density at radius 1 is 1.11 bits per heavy atom. The molecular weight excluding hydrogens is 599 g/mol. The van der Waals surface area contributed by atoms with Gasteiger partial charge >= 0.3 is 0 Å². The Hall–Kier alpha value is -5.30. The normalized spacial score (nSPS) is 20.4. The number of aliphatic imine (C=N–C) groups is 2. The first kappa shape index (κ1) is 31.7. The fraction of sp³-hybridized carbons (Fsp3) is 0.324. The van der Waals surface area contributed by atoms with Crippen LogP contribution >= 0.6 is 0 Å². The first-order chi connectivity index (χ1) is 22.7. The van der Waals surface area contributed by atoms with Gasteiger partial charge in [-0.1, -0.05) is 30.3 Å². The smallest absolute Gasteiger partial charge is 0.237 e. The van der Waals surface area contributed by atoms with Crippen LogP contribution in [0.4, 0.5) is 15.9 Å². The zero-order valence-electron chi connectivity index (χ0n) is 26.2. The fourth-order valence-electron chi connectivity index (χ4n) is 6.46. The molecule has 5 heterocycles. The summed E-state index contributed by atoms with van der Waals surface area (Å²) in [5.74, 6) is 0.318. The number of halogens is 1. The lowest BCUT2D eigenvalue weighted by molar-refractivity contribution is -0.132.